The molecule has 2 rings (SSSR count). The van der Waals surface area contributed by atoms with Crippen LogP contribution < -0.4 is 5.32 Å². The molecule has 1 N–H and O–H groups in total. The van der Waals surface area contributed by atoms with Crippen molar-refractivity contribution in [2.24, 2.45) is 0 Å². The highest BCUT2D eigenvalue weighted by molar-refractivity contribution is 9.10. The first kappa shape index (κ1) is 15.0. The molecule has 106 valence electrons. The Bertz CT molecular complexity index is 406. The summed E-state index contributed by atoms with van der Waals surface area (Å²) < 4.78 is 1.27. The van der Waals surface area contributed by atoms with Crippen LogP contribution in [0.4, 0.5) is 0 Å². The van der Waals surface area contributed by atoms with Gasteiger partial charge in [0.25, 0.3) is 0 Å². The molecule has 1 aliphatic rings. The molecule has 1 aromatic rings. The maximum absolute atomic E-state index is 3.73. The molecule has 1 unspecified atom stereocenters. The molecule has 1 atom stereocenters. The second-order valence-corrected chi connectivity index (χ2v) is 6.14. The molecule has 0 saturated carbocycles. The van der Waals surface area contributed by atoms with Crippen molar-refractivity contribution in [1.29, 1.82) is 0 Å². The lowest BCUT2D eigenvalue weighted by molar-refractivity contribution is 0.282. The number of benzene rings is 1. The van der Waals surface area contributed by atoms with E-state index in [0.29, 0.717) is 6.04 Å². The molecule has 2 nitrogen and oxygen atoms in total. The standard InChI is InChI=1S/C16H25BrN2/c1-3-11-19(4-2)12-10-18-16-9-8-13-14(16)6-5-7-15(13)17/h5-7,16,18H,3-4,8-12H2,1-2H3. The van der Waals surface area contributed by atoms with Crippen LogP contribution in [0.2, 0.25) is 0 Å². The fourth-order valence-electron chi connectivity index (χ4n) is 2.96. The molecule has 0 spiro atoms. The Labute approximate surface area is 125 Å². The minimum Gasteiger partial charge on any atom is -0.309 e. The van der Waals surface area contributed by atoms with Crippen molar-refractivity contribution >= 4 is 15.9 Å². The van der Waals surface area contributed by atoms with E-state index in [2.05, 4.69) is 58.2 Å². The minimum absolute atomic E-state index is 0.549. The molecule has 19 heavy (non-hydrogen) atoms. The molecule has 0 bridgehead atoms. The summed E-state index contributed by atoms with van der Waals surface area (Å²) in [5.41, 5.74) is 2.99. The van der Waals surface area contributed by atoms with E-state index in [9.17, 15) is 0 Å². The van der Waals surface area contributed by atoms with Gasteiger partial charge in [0, 0.05) is 23.6 Å². The highest BCUT2D eigenvalue weighted by Gasteiger charge is 2.23. The van der Waals surface area contributed by atoms with Gasteiger partial charge in [-0.2, -0.15) is 0 Å². The average Bonchev–Trinajstić information content (AvgIpc) is 2.83. The third kappa shape index (κ3) is 3.80. The van der Waals surface area contributed by atoms with Gasteiger partial charge in [-0.15, -0.1) is 0 Å². The lowest BCUT2D eigenvalue weighted by Crippen LogP contribution is -2.33. The Morgan fingerprint density at radius 2 is 2.16 bits per heavy atom. The van der Waals surface area contributed by atoms with Crippen molar-refractivity contribution in [2.75, 3.05) is 26.2 Å². The molecule has 0 heterocycles. The van der Waals surface area contributed by atoms with Gasteiger partial charge in [0.1, 0.15) is 0 Å². The number of hydrogen-bond acceptors (Lipinski definition) is 2. The maximum atomic E-state index is 3.73. The van der Waals surface area contributed by atoms with Gasteiger partial charge in [-0.25, -0.2) is 0 Å². The SMILES string of the molecule is CCCN(CC)CCNC1CCc2c(Br)cccc21. The molecule has 1 aliphatic carbocycles. The van der Waals surface area contributed by atoms with Gasteiger partial charge in [-0.05, 0) is 49.5 Å². The molecule has 0 amide bonds. The number of nitrogens with one attached hydrogen (secondary N) is 1. The van der Waals surface area contributed by atoms with Crippen molar-refractivity contribution < 1.29 is 0 Å². The molecule has 3 heteroatoms. The van der Waals surface area contributed by atoms with Crippen LogP contribution in [-0.4, -0.2) is 31.1 Å². The fraction of sp³-hybridized carbons (Fsp3) is 0.625. The number of likely N-dealkylation sites (N-methyl/N-ethyl adjacent to an activating group) is 1. The van der Waals surface area contributed by atoms with Gasteiger partial charge in [0.15, 0.2) is 0 Å². The second-order valence-electron chi connectivity index (χ2n) is 5.29. The van der Waals surface area contributed by atoms with Crippen molar-refractivity contribution in [1.82, 2.24) is 10.2 Å². The molecule has 1 aromatic carbocycles. The molecule has 0 aromatic heterocycles. The van der Waals surface area contributed by atoms with E-state index < -0.39 is 0 Å². The summed E-state index contributed by atoms with van der Waals surface area (Å²) in [6, 6.07) is 7.13. The molecule has 0 aliphatic heterocycles. The lowest BCUT2D eigenvalue weighted by Gasteiger charge is -2.21. The number of hydrogen-bond donors (Lipinski definition) is 1. The molecular weight excluding hydrogens is 300 g/mol. The van der Waals surface area contributed by atoms with Crippen molar-refractivity contribution in [3.63, 3.8) is 0 Å². The van der Waals surface area contributed by atoms with Crippen LogP contribution in [0.3, 0.4) is 0 Å². The van der Waals surface area contributed by atoms with Crippen LogP contribution >= 0.6 is 15.9 Å². The smallest absolute Gasteiger partial charge is 0.0327 e. The summed E-state index contributed by atoms with van der Waals surface area (Å²) in [6.07, 6.45) is 3.67. The monoisotopic (exact) mass is 324 g/mol. The van der Waals surface area contributed by atoms with E-state index in [1.807, 2.05) is 0 Å². The fourth-order valence-corrected chi connectivity index (χ4v) is 3.54. The molecule has 0 radical (unpaired) electrons. The average molecular weight is 325 g/mol. The van der Waals surface area contributed by atoms with Crippen LogP contribution in [0, 0.1) is 0 Å². The number of nitrogens with zero attached hydrogens (tertiary/aromatic N) is 1. The van der Waals surface area contributed by atoms with E-state index in [0.717, 1.165) is 19.6 Å². The quantitative estimate of drug-likeness (QED) is 0.821. The second kappa shape index (κ2) is 7.41. The number of fused-ring (bicyclic) bond motifs is 1. The zero-order valence-corrected chi connectivity index (χ0v) is 13.7. The van der Waals surface area contributed by atoms with Gasteiger partial charge in [0.05, 0.1) is 0 Å². The van der Waals surface area contributed by atoms with Crippen molar-refractivity contribution in [2.45, 2.75) is 39.2 Å². The van der Waals surface area contributed by atoms with Gasteiger partial charge in [-0.3, -0.25) is 0 Å². The summed E-state index contributed by atoms with van der Waals surface area (Å²) in [7, 11) is 0. The van der Waals surface area contributed by atoms with Crippen molar-refractivity contribution in [3.8, 4) is 0 Å². The Morgan fingerprint density at radius 3 is 2.89 bits per heavy atom. The first-order valence-electron chi connectivity index (χ1n) is 7.49. The predicted octanol–water partition coefficient (Wildman–Crippen LogP) is 3.76. The highest BCUT2D eigenvalue weighted by atomic mass is 79.9. The topological polar surface area (TPSA) is 15.3 Å². The zero-order chi connectivity index (χ0) is 13.7. The van der Waals surface area contributed by atoms with Crippen LogP contribution in [0.1, 0.15) is 43.9 Å². The zero-order valence-electron chi connectivity index (χ0n) is 12.1. The van der Waals surface area contributed by atoms with Crippen LogP contribution in [0.5, 0.6) is 0 Å². The van der Waals surface area contributed by atoms with Gasteiger partial charge in [-0.1, -0.05) is 41.9 Å². The minimum atomic E-state index is 0.549. The summed E-state index contributed by atoms with van der Waals surface area (Å²) in [4.78, 5) is 2.52. The molecule has 0 saturated heterocycles. The number of rotatable bonds is 7. The van der Waals surface area contributed by atoms with Gasteiger partial charge < -0.3 is 10.2 Å². The van der Waals surface area contributed by atoms with E-state index in [1.165, 1.54) is 41.4 Å². The summed E-state index contributed by atoms with van der Waals surface area (Å²) in [5, 5.41) is 3.73. The Morgan fingerprint density at radius 1 is 1.32 bits per heavy atom. The first-order valence-corrected chi connectivity index (χ1v) is 8.28. The summed E-state index contributed by atoms with van der Waals surface area (Å²) >= 11 is 3.66. The lowest BCUT2D eigenvalue weighted by atomic mass is 10.1. The van der Waals surface area contributed by atoms with E-state index in [-0.39, 0.29) is 0 Å². The Balaban J connectivity index is 1.84. The third-order valence-electron chi connectivity index (χ3n) is 4.02. The number of halogens is 1. The highest BCUT2D eigenvalue weighted by Crippen LogP contribution is 2.35. The van der Waals surface area contributed by atoms with Gasteiger partial charge >= 0.3 is 0 Å². The predicted molar refractivity (Wildman–Crippen MR) is 85.6 cm³/mol. The maximum Gasteiger partial charge on any atom is 0.0327 e. The molecular formula is C16H25BrN2. The van der Waals surface area contributed by atoms with E-state index in [4.69, 9.17) is 0 Å². The Kier molecular flexibility index (Phi) is 5.86. The van der Waals surface area contributed by atoms with E-state index in [1.54, 1.807) is 0 Å². The van der Waals surface area contributed by atoms with Crippen LogP contribution in [0.15, 0.2) is 22.7 Å². The van der Waals surface area contributed by atoms with E-state index >= 15 is 0 Å². The third-order valence-corrected chi connectivity index (χ3v) is 4.76. The largest absolute Gasteiger partial charge is 0.309 e. The summed E-state index contributed by atoms with van der Waals surface area (Å²) in [6.45, 7) is 9.11. The summed E-state index contributed by atoms with van der Waals surface area (Å²) in [5.74, 6) is 0. The van der Waals surface area contributed by atoms with Crippen molar-refractivity contribution in [3.05, 3.63) is 33.8 Å². The normalized spacial score (nSPS) is 18.0. The first-order chi connectivity index (χ1) is 9.26. The Hall–Kier alpha value is -0.380. The van der Waals surface area contributed by atoms with Crippen LogP contribution in [-0.2, 0) is 6.42 Å². The van der Waals surface area contributed by atoms with Gasteiger partial charge in [0.2, 0.25) is 0 Å². The van der Waals surface area contributed by atoms with Crippen LogP contribution in [0.25, 0.3) is 0 Å². The molecule has 0 fully saturated rings.